The molecule has 0 aliphatic rings. The zero-order valence-corrected chi connectivity index (χ0v) is 12.2. The second-order valence-electron chi connectivity index (χ2n) is 4.50. The molecule has 2 rings (SSSR count). The quantitative estimate of drug-likeness (QED) is 0.816. The van der Waals surface area contributed by atoms with Crippen LogP contribution in [-0.4, -0.2) is 27.3 Å². The SMILES string of the molecule is CCCC(NC(C)c1nc(-c2cccs2)no1)C(=O)O. The average Bonchev–Trinajstić information content (AvgIpc) is 3.08. The summed E-state index contributed by atoms with van der Waals surface area (Å²) in [6.45, 7) is 3.77. The first-order valence-corrected chi connectivity index (χ1v) is 7.36. The molecule has 0 saturated carbocycles. The highest BCUT2D eigenvalue weighted by atomic mass is 32.1. The van der Waals surface area contributed by atoms with Gasteiger partial charge < -0.3 is 9.63 Å². The molecule has 0 bridgehead atoms. The van der Waals surface area contributed by atoms with E-state index in [0.29, 0.717) is 18.1 Å². The highest BCUT2D eigenvalue weighted by Gasteiger charge is 2.22. The van der Waals surface area contributed by atoms with Crippen molar-refractivity contribution >= 4 is 17.3 Å². The summed E-state index contributed by atoms with van der Waals surface area (Å²) in [6, 6.07) is 2.92. The summed E-state index contributed by atoms with van der Waals surface area (Å²) in [5.41, 5.74) is 0. The molecule has 6 nitrogen and oxygen atoms in total. The first kappa shape index (κ1) is 14.7. The van der Waals surface area contributed by atoms with Crippen LogP contribution in [0, 0.1) is 0 Å². The van der Waals surface area contributed by atoms with E-state index >= 15 is 0 Å². The van der Waals surface area contributed by atoms with Gasteiger partial charge in [-0.3, -0.25) is 10.1 Å². The summed E-state index contributed by atoms with van der Waals surface area (Å²) in [6.07, 6.45) is 1.35. The molecule has 2 unspecified atom stereocenters. The molecule has 0 fully saturated rings. The molecule has 108 valence electrons. The fraction of sp³-hybridized carbons (Fsp3) is 0.462. The van der Waals surface area contributed by atoms with E-state index in [4.69, 9.17) is 9.63 Å². The molecule has 0 saturated heterocycles. The van der Waals surface area contributed by atoms with Crippen LogP contribution in [-0.2, 0) is 4.79 Å². The number of nitrogens with zero attached hydrogens (tertiary/aromatic N) is 2. The highest BCUT2D eigenvalue weighted by Crippen LogP contribution is 2.23. The molecule has 0 radical (unpaired) electrons. The summed E-state index contributed by atoms with van der Waals surface area (Å²) in [7, 11) is 0. The third kappa shape index (κ3) is 3.43. The Bertz CT molecular complexity index is 553. The second kappa shape index (κ2) is 6.62. The maximum Gasteiger partial charge on any atom is 0.320 e. The molecule has 2 aromatic heterocycles. The van der Waals surface area contributed by atoms with Crippen molar-refractivity contribution in [1.82, 2.24) is 15.5 Å². The zero-order chi connectivity index (χ0) is 14.5. The molecule has 2 atom stereocenters. The van der Waals surface area contributed by atoms with Crippen molar-refractivity contribution in [2.75, 3.05) is 0 Å². The Morgan fingerprint density at radius 3 is 3.00 bits per heavy atom. The monoisotopic (exact) mass is 295 g/mol. The molecule has 20 heavy (non-hydrogen) atoms. The van der Waals surface area contributed by atoms with Crippen LogP contribution in [0.3, 0.4) is 0 Å². The number of thiophene rings is 1. The van der Waals surface area contributed by atoms with Crippen molar-refractivity contribution < 1.29 is 14.4 Å². The molecular formula is C13H17N3O3S. The second-order valence-corrected chi connectivity index (χ2v) is 5.45. The predicted molar refractivity (Wildman–Crippen MR) is 75.5 cm³/mol. The fourth-order valence-corrected chi connectivity index (χ4v) is 2.51. The minimum Gasteiger partial charge on any atom is -0.480 e. The Morgan fingerprint density at radius 1 is 1.60 bits per heavy atom. The van der Waals surface area contributed by atoms with Crippen molar-refractivity contribution in [3.63, 3.8) is 0 Å². The highest BCUT2D eigenvalue weighted by molar-refractivity contribution is 7.13. The van der Waals surface area contributed by atoms with Gasteiger partial charge in [0.05, 0.1) is 10.9 Å². The van der Waals surface area contributed by atoms with Gasteiger partial charge in [-0.1, -0.05) is 24.6 Å². The molecule has 0 aliphatic heterocycles. The summed E-state index contributed by atoms with van der Waals surface area (Å²) in [4.78, 5) is 16.3. The maximum absolute atomic E-state index is 11.1. The van der Waals surface area contributed by atoms with E-state index in [1.165, 1.54) is 11.3 Å². The van der Waals surface area contributed by atoms with Crippen LogP contribution < -0.4 is 5.32 Å². The van der Waals surface area contributed by atoms with Crippen molar-refractivity contribution in [3.8, 4) is 10.7 Å². The van der Waals surface area contributed by atoms with Crippen LogP contribution in [0.25, 0.3) is 10.7 Å². The molecule has 2 heterocycles. The number of hydrogen-bond acceptors (Lipinski definition) is 6. The van der Waals surface area contributed by atoms with Gasteiger partial charge in [0.2, 0.25) is 11.7 Å². The van der Waals surface area contributed by atoms with E-state index in [2.05, 4.69) is 15.5 Å². The Labute approximate surface area is 120 Å². The molecule has 0 amide bonds. The number of hydrogen-bond donors (Lipinski definition) is 2. The van der Waals surface area contributed by atoms with E-state index in [1.807, 2.05) is 31.4 Å². The third-order valence-corrected chi connectivity index (χ3v) is 3.75. The molecule has 0 spiro atoms. The van der Waals surface area contributed by atoms with Gasteiger partial charge >= 0.3 is 5.97 Å². The first-order valence-electron chi connectivity index (χ1n) is 6.48. The number of carbonyl (C=O) groups is 1. The number of carboxylic acid groups (broad SMARTS) is 1. The first-order chi connectivity index (χ1) is 9.61. The van der Waals surface area contributed by atoms with Gasteiger partial charge in [-0.25, -0.2) is 0 Å². The fourth-order valence-electron chi connectivity index (χ4n) is 1.86. The van der Waals surface area contributed by atoms with Crippen LogP contribution in [0.5, 0.6) is 0 Å². The van der Waals surface area contributed by atoms with Crippen LogP contribution in [0.1, 0.15) is 38.6 Å². The Hall–Kier alpha value is -1.73. The number of nitrogens with one attached hydrogen (secondary N) is 1. The number of aromatic nitrogens is 2. The summed E-state index contributed by atoms with van der Waals surface area (Å²) in [5, 5.41) is 18.0. The van der Waals surface area contributed by atoms with Crippen molar-refractivity contribution in [2.45, 2.75) is 38.8 Å². The van der Waals surface area contributed by atoms with Gasteiger partial charge in [0.15, 0.2) is 0 Å². The van der Waals surface area contributed by atoms with Gasteiger partial charge in [0.25, 0.3) is 0 Å². The zero-order valence-electron chi connectivity index (χ0n) is 11.4. The lowest BCUT2D eigenvalue weighted by atomic mass is 10.1. The molecule has 2 N–H and O–H groups in total. The lowest BCUT2D eigenvalue weighted by Gasteiger charge is -2.16. The normalized spacial score (nSPS) is 14.1. The van der Waals surface area contributed by atoms with Crippen LogP contribution >= 0.6 is 11.3 Å². The number of carboxylic acids is 1. The molecule has 0 aliphatic carbocycles. The van der Waals surface area contributed by atoms with Crippen molar-refractivity contribution in [3.05, 3.63) is 23.4 Å². The smallest absolute Gasteiger partial charge is 0.320 e. The van der Waals surface area contributed by atoms with E-state index in [-0.39, 0.29) is 6.04 Å². The van der Waals surface area contributed by atoms with Gasteiger partial charge in [-0.15, -0.1) is 11.3 Å². The van der Waals surface area contributed by atoms with Crippen LogP contribution in [0.15, 0.2) is 22.0 Å². The van der Waals surface area contributed by atoms with E-state index in [1.54, 1.807) is 0 Å². The lowest BCUT2D eigenvalue weighted by Crippen LogP contribution is -2.38. The minimum atomic E-state index is -0.864. The summed E-state index contributed by atoms with van der Waals surface area (Å²) >= 11 is 1.53. The van der Waals surface area contributed by atoms with E-state index in [0.717, 1.165) is 11.3 Å². The molecule has 7 heteroatoms. The topological polar surface area (TPSA) is 88.3 Å². The van der Waals surface area contributed by atoms with E-state index in [9.17, 15) is 4.79 Å². The van der Waals surface area contributed by atoms with Gasteiger partial charge in [-0.2, -0.15) is 4.98 Å². The molecular weight excluding hydrogens is 278 g/mol. The number of aliphatic carboxylic acids is 1. The summed E-state index contributed by atoms with van der Waals surface area (Å²) in [5.74, 6) is 0.0680. The summed E-state index contributed by atoms with van der Waals surface area (Å²) < 4.78 is 5.20. The minimum absolute atomic E-state index is 0.302. The molecule has 0 aromatic carbocycles. The van der Waals surface area contributed by atoms with Gasteiger partial charge in [0, 0.05) is 0 Å². The van der Waals surface area contributed by atoms with E-state index < -0.39 is 12.0 Å². The maximum atomic E-state index is 11.1. The Balaban J connectivity index is 2.05. The van der Waals surface area contributed by atoms with Gasteiger partial charge in [-0.05, 0) is 24.8 Å². The van der Waals surface area contributed by atoms with Crippen LogP contribution in [0.2, 0.25) is 0 Å². The van der Waals surface area contributed by atoms with Crippen molar-refractivity contribution in [1.29, 1.82) is 0 Å². The lowest BCUT2D eigenvalue weighted by molar-refractivity contribution is -0.139. The largest absolute Gasteiger partial charge is 0.480 e. The standard InChI is InChI=1S/C13H17N3O3S/c1-3-5-9(13(17)18)14-8(2)12-15-11(16-19-12)10-6-4-7-20-10/h4,6-9,14H,3,5H2,1-2H3,(H,17,18). The number of rotatable bonds is 7. The Kier molecular flexibility index (Phi) is 4.86. The van der Waals surface area contributed by atoms with Crippen molar-refractivity contribution in [2.24, 2.45) is 0 Å². The van der Waals surface area contributed by atoms with Crippen LogP contribution in [0.4, 0.5) is 0 Å². The Morgan fingerprint density at radius 2 is 2.40 bits per heavy atom. The third-order valence-electron chi connectivity index (χ3n) is 2.88. The molecule has 2 aromatic rings. The average molecular weight is 295 g/mol. The predicted octanol–water partition coefficient (Wildman–Crippen LogP) is 2.70. The van der Waals surface area contributed by atoms with Gasteiger partial charge in [0.1, 0.15) is 6.04 Å².